The second-order valence-corrected chi connectivity index (χ2v) is 8.93. The molecule has 30 heavy (non-hydrogen) atoms. The van der Waals surface area contributed by atoms with Crippen LogP contribution in [0.5, 0.6) is 0 Å². The van der Waals surface area contributed by atoms with Crippen molar-refractivity contribution < 1.29 is 9.53 Å². The number of thiazole rings is 1. The Bertz CT molecular complexity index is 1140. The number of carbonyl (C=O) groups excluding carboxylic acids is 1. The number of pyridine rings is 1. The average Bonchev–Trinajstić information content (AvgIpc) is 3.53. The zero-order valence-corrected chi connectivity index (χ0v) is 18.0. The van der Waals surface area contributed by atoms with E-state index in [4.69, 9.17) is 9.72 Å². The number of ether oxygens (including phenoxy) is 1. The summed E-state index contributed by atoms with van der Waals surface area (Å²) in [5, 5.41) is 8.20. The number of amides is 1. The van der Waals surface area contributed by atoms with Gasteiger partial charge in [0.15, 0.2) is 0 Å². The van der Waals surface area contributed by atoms with Crippen LogP contribution >= 0.6 is 22.7 Å². The van der Waals surface area contributed by atoms with Crippen molar-refractivity contribution in [1.82, 2.24) is 19.6 Å². The van der Waals surface area contributed by atoms with Crippen molar-refractivity contribution in [3.05, 3.63) is 58.9 Å². The lowest BCUT2D eigenvalue weighted by molar-refractivity contribution is 0.0383. The van der Waals surface area contributed by atoms with Crippen LogP contribution in [0.4, 0.5) is 0 Å². The molecule has 0 radical (unpaired) electrons. The maximum Gasteiger partial charge on any atom is 0.253 e. The zero-order valence-electron chi connectivity index (χ0n) is 16.4. The number of hydrogen-bond acceptors (Lipinski definition) is 6. The number of nitrogens with zero attached hydrogens (tertiary/aromatic N) is 3. The Morgan fingerprint density at radius 2 is 2.07 bits per heavy atom. The van der Waals surface area contributed by atoms with E-state index >= 15 is 0 Å². The van der Waals surface area contributed by atoms with Crippen LogP contribution < -0.4 is 5.32 Å². The van der Waals surface area contributed by atoms with Gasteiger partial charge in [0.25, 0.3) is 5.91 Å². The number of aromatic nitrogens is 2. The summed E-state index contributed by atoms with van der Waals surface area (Å²) in [6, 6.07) is 12.0. The van der Waals surface area contributed by atoms with Crippen molar-refractivity contribution in [2.75, 3.05) is 39.4 Å². The van der Waals surface area contributed by atoms with E-state index in [0.29, 0.717) is 12.1 Å². The number of nitrogens with one attached hydrogen (secondary N) is 1. The van der Waals surface area contributed by atoms with Gasteiger partial charge < -0.3 is 14.5 Å². The second-order valence-electron chi connectivity index (χ2n) is 7.12. The van der Waals surface area contributed by atoms with E-state index in [9.17, 15) is 4.79 Å². The molecule has 6 nitrogen and oxygen atoms in total. The number of fused-ring (bicyclic) bond motifs is 1. The van der Waals surface area contributed by atoms with Crippen molar-refractivity contribution in [2.45, 2.75) is 0 Å². The van der Waals surface area contributed by atoms with Crippen molar-refractivity contribution >= 4 is 34.1 Å². The Kier molecular flexibility index (Phi) is 5.63. The Hall–Kier alpha value is -2.52. The Morgan fingerprint density at radius 1 is 1.17 bits per heavy atom. The molecule has 1 amide bonds. The molecule has 1 N–H and O–H groups in total. The van der Waals surface area contributed by atoms with E-state index < -0.39 is 0 Å². The molecule has 0 atom stereocenters. The normalized spacial score (nSPS) is 14.9. The predicted octanol–water partition coefficient (Wildman–Crippen LogP) is 3.85. The molecule has 154 valence electrons. The summed E-state index contributed by atoms with van der Waals surface area (Å²) in [7, 11) is 0. The Morgan fingerprint density at radius 3 is 2.90 bits per heavy atom. The highest BCUT2D eigenvalue weighted by molar-refractivity contribution is 7.20. The number of thiophene rings is 1. The van der Waals surface area contributed by atoms with Crippen LogP contribution in [0.2, 0.25) is 0 Å². The summed E-state index contributed by atoms with van der Waals surface area (Å²) in [6.45, 7) is 4.84. The molecule has 1 aliphatic rings. The van der Waals surface area contributed by atoms with Gasteiger partial charge in [0, 0.05) is 37.8 Å². The molecule has 5 heterocycles. The molecule has 1 fully saturated rings. The number of morpholine rings is 1. The molecule has 0 bridgehead atoms. The summed E-state index contributed by atoms with van der Waals surface area (Å²) in [5.74, 6) is -0.0491. The minimum atomic E-state index is -0.0491. The topological polar surface area (TPSA) is 58.9 Å². The molecule has 0 saturated carbocycles. The van der Waals surface area contributed by atoms with Gasteiger partial charge in [0.05, 0.1) is 40.6 Å². The number of carbonyl (C=O) groups is 1. The minimum Gasteiger partial charge on any atom is -0.379 e. The van der Waals surface area contributed by atoms with Crippen LogP contribution in [-0.2, 0) is 4.74 Å². The van der Waals surface area contributed by atoms with Gasteiger partial charge in [-0.2, -0.15) is 0 Å². The summed E-state index contributed by atoms with van der Waals surface area (Å²) in [6.07, 6.45) is 1.99. The number of rotatable bonds is 6. The first kappa shape index (κ1) is 19.4. The minimum absolute atomic E-state index is 0.0491. The average molecular weight is 439 g/mol. The van der Waals surface area contributed by atoms with E-state index in [0.717, 1.165) is 59.6 Å². The van der Waals surface area contributed by atoms with Gasteiger partial charge in [0.1, 0.15) is 5.01 Å². The molecule has 0 spiro atoms. The quantitative estimate of drug-likeness (QED) is 0.497. The zero-order chi connectivity index (χ0) is 20.3. The fourth-order valence-electron chi connectivity index (χ4n) is 3.68. The van der Waals surface area contributed by atoms with Gasteiger partial charge in [-0.3, -0.25) is 9.69 Å². The molecule has 1 aliphatic heterocycles. The molecule has 5 rings (SSSR count). The Balaban J connectivity index is 1.38. The molecular formula is C22H22N4O2S2. The van der Waals surface area contributed by atoms with Crippen molar-refractivity contribution in [3.63, 3.8) is 0 Å². The third-order valence-electron chi connectivity index (χ3n) is 5.24. The maximum absolute atomic E-state index is 13.0. The van der Waals surface area contributed by atoms with Crippen LogP contribution in [0.3, 0.4) is 0 Å². The lowest BCUT2D eigenvalue weighted by atomic mass is 10.2. The van der Waals surface area contributed by atoms with Crippen molar-refractivity contribution in [3.8, 4) is 21.3 Å². The van der Waals surface area contributed by atoms with E-state index in [1.165, 1.54) is 0 Å². The Labute approximate surface area is 182 Å². The standard InChI is InChI=1S/C22H22N4O2S2/c27-21(23-6-8-25-9-11-28-12-10-25)16-14-19(26-7-2-1-4-18(16)26)17-15-30-22(24-17)20-5-3-13-29-20/h1-5,7,13-15H,6,8-12H2,(H,23,27). The smallest absolute Gasteiger partial charge is 0.253 e. The van der Waals surface area contributed by atoms with Gasteiger partial charge in [-0.15, -0.1) is 22.7 Å². The van der Waals surface area contributed by atoms with Gasteiger partial charge in [0.2, 0.25) is 0 Å². The first-order valence-electron chi connectivity index (χ1n) is 9.98. The first-order chi connectivity index (χ1) is 14.8. The fourth-order valence-corrected chi connectivity index (χ4v) is 5.31. The summed E-state index contributed by atoms with van der Waals surface area (Å²) in [5.41, 5.74) is 3.39. The predicted molar refractivity (Wildman–Crippen MR) is 121 cm³/mol. The second kappa shape index (κ2) is 8.69. The molecule has 4 aromatic heterocycles. The molecule has 0 aliphatic carbocycles. The molecule has 8 heteroatoms. The van der Waals surface area contributed by atoms with Gasteiger partial charge >= 0.3 is 0 Å². The van der Waals surface area contributed by atoms with Gasteiger partial charge in [-0.25, -0.2) is 4.98 Å². The van der Waals surface area contributed by atoms with Crippen LogP contribution in [0.25, 0.3) is 26.8 Å². The lowest BCUT2D eigenvalue weighted by Crippen LogP contribution is -2.41. The van der Waals surface area contributed by atoms with Crippen molar-refractivity contribution in [2.24, 2.45) is 0 Å². The lowest BCUT2D eigenvalue weighted by Gasteiger charge is -2.26. The van der Waals surface area contributed by atoms with Crippen molar-refractivity contribution in [1.29, 1.82) is 0 Å². The molecule has 0 aromatic carbocycles. The largest absolute Gasteiger partial charge is 0.379 e. The van der Waals surface area contributed by atoms with E-state index in [1.54, 1.807) is 22.7 Å². The molecule has 1 saturated heterocycles. The first-order valence-corrected chi connectivity index (χ1v) is 11.7. The van der Waals surface area contributed by atoms with Gasteiger partial charge in [-0.1, -0.05) is 12.1 Å². The SMILES string of the molecule is O=C(NCCN1CCOCC1)c1cc(-c2csc(-c3cccs3)n2)n2ccccc12. The molecule has 0 unspecified atom stereocenters. The fraction of sp³-hybridized carbons (Fsp3) is 0.273. The monoisotopic (exact) mass is 438 g/mol. The summed E-state index contributed by atoms with van der Waals surface area (Å²) in [4.78, 5) is 21.3. The number of hydrogen-bond donors (Lipinski definition) is 1. The molecule has 4 aromatic rings. The molecular weight excluding hydrogens is 416 g/mol. The third-order valence-corrected chi connectivity index (χ3v) is 7.12. The van der Waals surface area contributed by atoms with Crippen LogP contribution in [-0.4, -0.2) is 59.6 Å². The maximum atomic E-state index is 13.0. The van der Waals surface area contributed by atoms with Crippen LogP contribution in [0.1, 0.15) is 10.4 Å². The van der Waals surface area contributed by atoms with E-state index in [2.05, 4.69) is 27.0 Å². The van der Waals surface area contributed by atoms with Crippen LogP contribution in [0.15, 0.2) is 53.4 Å². The van der Waals surface area contributed by atoms with E-state index in [1.807, 2.05) is 40.9 Å². The summed E-state index contributed by atoms with van der Waals surface area (Å²) < 4.78 is 7.42. The van der Waals surface area contributed by atoms with Crippen LogP contribution in [0, 0.1) is 0 Å². The summed E-state index contributed by atoms with van der Waals surface area (Å²) >= 11 is 3.31. The van der Waals surface area contributed by atoms with Gasteiger partial charge in [-0.05, 0) is 29.6 Å². The third kappa shape index (κ3) is 3.91. The highest BCUT2D eigenvalue weighted by Gasteiger charge is 2.18. The van der Waals surface area contributed by atoms with E-state index in [-0.39, 0.29) is 5.91 Å². The highest BCUT2D eigenvalue weighted by Crippen LogP contribution is 2.33. The highest BCUT2D eigenvalue weighted by atomic mass is 32.1.